The van der Waals surface area contributed by atoms with Crippen molar-refractivity contribution in [2.75, 3.05) is 19.6 Å². The zero-order valence-electron chi connectivity index (χ0n) is 14.0. The quantitative estimate of drug-likeness (QED) is 0.635. The summed E-state index contributed by atoms with van der Waals surface area (Å²) in [5.74, 6) is 0.0839. The second-order valence-electron chi connectivity index (χ2n) is 5.86. The van der Waals surface area contributed by atoms with Crippen molar-refractivity contribution in [1.29, 1.82) is 0 Å². The van der Waals surface area contributed by atoms with Crippen LogP contribution in [0.2, 0.25) is 0 Å². The van der Waals surface area contributed by atoms with Crippen LogP contribution in [0.4, 0.5) is 0 Å². The Balaban J connectivity index is 2.12. The number of sulfonamides is 1. The summed E-state index contributed by atoms with van der Waals surface area (Å²) in [6.45, 7) is 2.70. The summed E-state index contributed by atoms with van der Waals surface area (Å²) in [7, 11) is -1.39. The van der Waals surface area contributed by atoms with Gasteiger partial charge in [-0.1, -0.05) is 0 Å². The van der Waals surface area contributed by atoms with Crippen LogP contribution in [0.15, 0.2) is 14.5 Å². The fraction of sp³-hybridized carbons (Fsp3) is 0.643. The minimum Gasteiger partial charge on any atom is -0.343 e. The predicted molar refractivity (Wildman–Crippen MR) is 87.3 cm³/mol. The number of aromatic nitrogens is 2. The van der Waals surface area contributed by atoms with Gasteiger partial charge in [-0.15, -0.1) is 0 Å². The topological polar surface area (TPSA) is 110 Å². The number of likely N-dealkylation sites (tertiary alicyclic amines) is 1. The molecule has 0 saturated carbocycles. The van der Waals surface area contributed by atoms with Gasteiger partial charge >= 0.3 is 5.69 Å². The predicted octanol–water partition coefficient (Wildman–Crippen LogP) is -1.32. The van der Waals surface area contributed by atoms with Crippen LogP contribution < -0.4 is 16.0 Å². The molecule has 0 aromatic carbocycles. The molecule has 2 rings (SSSR count). The Kier molecular flexibility index (Phi) is 5.29. The van der Waals surface area contributed by atoms with E-state index in [1.54, 1.807) is 4.90 Å². The molecular formula is C14H22N4O5S. The molecule has 0 unspecified atom stereocenters. The summed E-state index contributed by atoms with van der Waals surface area (Å²) >= 11 is 0. The Hall–Kier alpha value is -1.94. The molecule has 0 bridgehead atoms. The normalized spacial score (nSPS) is 15.3. The highest BCUT2D eigenvalue weighted by molar-refractivity contribution is 7.89. The van der Waals surface area contributed by atoms with E-state index in [0.29, 0.717) is 25.9 Å². The summed E-state index contributed by atoms with van der Waals surface area (Å²) in [5, 5.41) is 0. The van der Waals surface area contributed by atoms with E-state index in [1.165, 1.54) is 21.0 Å². The third-order valence-electron chi connectivity index (χ3n) is 4.24. The highest BCUT2D eigenvalue weighted by atomic mass is 32.2. The van der Waals surface area contributed by atoms with Gasteiger partial charge in [-0.05, 0) is 19.8 Å². The van der Waals surface area contributed by atoms with Crippen LogP contribution in [-0.4, -0.2) is 48.0 Å². The molecule has 1 aliphatic rings. The highest BCUT2D eigenvalue weighted by Crippen LogP contribution is 2.10. The molecular weight excluding hydrogens is 336 g/mol. The lowest BCUT2D eigenvalue weighted by atomic mass is 10.4. The average molecular weight is 358 g/mol. The molecule has 1 aromatic rings. The van der Waals surface area contributed by atoms with E-state index in [2.05, 4.69) is 4.72 Å². The molecule has 1 aliphatic heterocycles. The van der Waals surface area contributed by atoms with Crippen LogP contribution in [0.1, 0.15) is 25.0 Å². The lowest BCUT2D eigenvalue weighted by Gasteiger charge is -2.16. The van der Waals surface area contributed by atoms with Crippen LogP contribution in [0, 0.1) is 6.92 Å². The van der Waals surface area contributed by atoms with Gasteiger partial charge in [0.15, 0.2) is 4.90 Å². The number of hydrogen-bond donors (Lipinski definition) is 1. The van der Waals surface area contributed by atoms with Crippen LogP contribution in [0.5, 0.6) is 0 Å². The Morgan fingerprint density at radius 1 is 1.12 bits per heavy atom. The maximum Gasteiger partial charge on any atom is 0.330 e. The molecule has 1 amide bonds. The van der Waals surface area contributed by atoms with Crippen molar-refractivity contribution in [3.05, 3.63) is 26.5 Å². The van der Waals surface area contributed by atoms with Gasteiger partial charge in [0.25, 0.3) is 5.56 Å². The standard InChI is InChI=1S/C14H22N4O5S/c1-10-12(13(20)17(3)14(21)16(10)2)24(22,23)15-7-5-9-18-8-4-6-11(18)19/h15H,4-9H2,1-3H3. The maximum atomic E-state index is 12.4. The highest BCUT2D eigenvalue weighted by Gasteiger charge is 2.25. The number of hydrogen-bond acceptors (Lipinski definition) is 5. The van der Waals surface area contributed by atoms with E-state index in [-0.39, 0.29) is 18.1 Å². The number of nitrogens with one attached hydrogen (secondary N) is 1. The van der Waals surface area contributed by atoms with Gasteiger partial charge in [0.1, 0.15) is 0 Å². The molecule has 10 heteroatoms. The summed E-state index contributed by atoms with van der Waals surface area (Å²) < 4.78 is 29.1. The molecule has 0 spiro atoms. The Labute approximate surface area is 139 Å². The van der Waals surface area contributed by atoms with Crippen LogP contribution in [-0.2, 0) is 28.9 Å². The molecule has 0 atom stereocenters. The second-order valence-corrected chi connectivity index (χ2v) is 7.56. The Morgan fingerprint density at radius 2 is 1.79 bits per heavy atom. The first-order valence-corrected chi connectivity index (χ1v) is 9.19. The smallest absolute Gasteiger partial charge is 0.330 e. The van der Waals surface area contributed by atoms with Gasteiger partial charge in [-0.2, -0.15) is 0 Å². The third-order valence-corrected chi connectivity index (χ3v) is 5.83. The first-order valence-electron chi connectivity index (χ1n) is 7.71. The van der Waals surface area contributed by atoms with E-state index in [9.17, 15) is 22.8 Å². The van der Waals surface area contributed by atoms with Gasteiger partial charge in [0.05, 0.1) is 0 Å². The van der Waals surface area contributed by atoms with Crippen molar-refractivity contribution in [1.82, 2.24) is 18.8 Å². The lowest BCUT2D eigenvalue weighted by molar-refractivity contribution is -0.127. The first-order chi connectivity index (χ1) is 11.2. The molecule has 0 radical (unpaired) electrons. The first kappa shape index (κ1) is 18.4. The minimum absolute atomic E-state index is 0.0839. The van der Waals surface area contributed by atoms with Crippen LogP contribution in [0.3, 0.4) is 0 Å². The van der Waals surface area contributed by atoms with Gasteiger partial charge in [0, 0.05) is 45.8 Å². The van der Waals surface area contributed by atoms with E-state index in [4.69, 9.17) is 0 Å². The minimum atomic E-state index is -4.04. The van der Waals surface area contributed by atoms with Gasteiger partial charge in [0.2, 0.25) is 15.9 Å². The largest absolute Gasteiger partial charge is 0.343 e. The van der Waals surface area contributed by atoms with Crippen molar-refractivity contribution in [2.45, 2.75) is 31.1 Å². The third kappa shape index (κ3) is 3.44. The number of carbonyl (C=O) groups is 1. The Bertz CT molecular complexity index is 868. The van der Waals surface area contributed by atoms with E-state index in [1.807, 2.05) is 0 Å². The number of rotatable bonds is 6. The summed E-state index contributed by atoms with van der Waals surface area (Å²) in [6.07, 6.45) is 1.83. The molecule has 1 saturated heterocycles. The molecule has 24 heavy (non-hydrogen) atoms. The van der Waals surface area contributed by atoms with Gasteiger partial charge in [-0.25, -0.2) is 17.9 Å². The maximum absolute atomic E-state index is 12.4. The zero-order valence-corrected chi connectivity index (χ0v) is 14.9. The molecule has 1 aromatic heterocycles. The van der Waals surface area contributed by atoms with Crippen molar-refractivity contribution < 1.29 is 13.2 Å². The number of carbonyl (C=O) groups excluding carboxylic acids is 1. The zero-order chi connectivity index (χ0) is 18.1. The molecule has 0 aliphatic carbocycles. The number of amides is 1. The van der Waals surface area contributed by atoms with Crippen molar-refractivity contribution in [3.8, 4) is 0 Å². The molecule has 9 nitrogen and oxygen atoms in total. The summed E-state index contributed by atoms with van der Waals surface area (Å²) in [5.41, 5.74) is -1.34. The van der Waals surface area contributed by atoms with Crippen LogP contribution in [0.25, 0.3) is 0 Å². The summed E-state index contributed by atoms with van der Waals surface area (Å²) in [6, 6.07) is 0. The second kappa shape index (κ2) is 6.89. The van der Waals surface area contributed by atoms with E-state index in [0.717, 1.165) is 15.6 Å². The van der Waals surface area contributed by atoms with E-state index < -0.39 is 26.2 Å². The monoisotopic (exact) mass is 358 g/mol. The average Bonchev–Trinajstić information content (AvgIpc) is 2.93. The Morgan fingerprint density at radius 3 is 2.38 bits per heavy atom. The van der Waals surface area contributed by atoms with Crippen molar-refractivity contribution >= 4 is 15.9 Å². The van der Waals surface area contributed by atoms with Gasteiger partial charge in [-0.3, -0.25) is 18.7 Å². The fourth-order valence-corrected chi connectivity index (χ4v) is 4.16. The van der Waals surface area contributed by atoms with Crippen molar-refractivity contribution in [2.24, 2.45) is 14.1 Å². The van der Waals surface area contributed by atoms with Crippen molar-refractivity contribution in [3.63, 3.8) is 0 Å². The molecule has 1 fully saturated rings. The molecule has 2 heterocycles. The number of nitrogens with zero attached hydrogens (tertiary/aromatic N) is 3. The molecule has 134 valence electrons. The summed E-state index contributed by atoms with van der Waals surface area (Å²) in [4.78, 5) is 36.7. The SMILES string of the molecule is Cc1c(S(=O)(=O)NCCCN2CCCC2=O)c(=O)n(C)c(=O)n1C. The van der Waals surface area contributed by atoms with Crippen LogP contribution >= 0.6 is 0 Å². The van der Waals surface area contributed by atoms with E-state index >= 15 is 0 Å². The fourth-order valence-electron chi connectivity index (χ4n) is 2.71. The van der Waals surface area contributed by atoms with Gasteiger partial charge < -0.3 is 4.90 Å². The molecule has 1 N–H and O–H groups in total. The lowest BCUT2D eigenvalue weighted by Crippen LogP contribution is -2.43.